The Kier molecular flexibility index (Phi) is 5.09. The second-order valence-corrected chi connectivity index (χ2v) is 2.99. The molecule has 1 heterocycles. The van der Waals surface area contributed by atoms with Crippen LogP contribution in [-0.4, -0.2) is 34.6 Å². The standard InChI is InChI=1S/C9H12N8O/c1-2-18-9-14-7(16-12)13-8(15-9)17(5-3-10)6-4-11/h2,5-6,12H2,1H3,(H,13,14,15,16). The Balaban J connectivity index is 3.08. The zero-order valence-electron chi connectivity index (χ0n) is 9.79. The van der Waals surface area contributed by atoms with Crippen LogP contribution in [0.3, 0.4) is 0 Å². The van der Waals surface area contributed by atoms with Crippen LogP contribution in [0.25, 0.3) is 0 Å². The minimum atomic E-state index is -0.0207. The van der Waals surface area contributed by atoms with E-state index in [4.69, 9.17) is 21.1 Å². The predicted molar refractivity (Wildman–Crippen MR) is 62.2 cm³/mol. The van der Waals surface area contributed by atoms with Gasteiger partial charge < -0.3 is 9.64 Å². The number of anilines is 2. The molecule has 0 aromatic carbocycles. The van der Waals surface area contributed by atoms with Crippen LogP contribution in [-0.2, 0) is 0 Å². The molecule has 1 rings (SSSR count). The number of nitrogens with zero attached hydrogens (tertiary/aromatic N) is 6. The van der Waals surface area contributed by atoms with Gasteiger partial charge in [0.25, 0.3) is 0 Å². The quantitative estimate of drug-likeness (QED) is 0.384. The van der Waals surface area contributed by atoms with Gasteiger partial charge in [0.2, 0.25) is 11.9 Å². The van der Waals surface area contributed by atoms with E-state index in [2.05, 4.69) is 20.4 Å². The molecule has 18 heavy (non-hydrogen) atoms. The molecule has 0 unspecified atom stereocenters. The van der Waals surface area contributed by atoms with E-state index in [1.54, 1.807) is 6.92 Å². The van der Waals surface area contributed by atoms with E-state index in [-0.39, 0.29) is 31.0 Å². The first-order chi connectivity index (χ1) is 8.74. The van der Waals surface area contributed by atoms with Crippen LogP contribution in [0.2, 0.25) is 0 Å². The molecular weight excluding hydrogens is 236 g/mol. The fourth-order valence-corrected chi connectivity index (χ4v) is 1.11. The maximum Gasteiger partial charge on any atom is 0.323 e. The molecule has 0 radical (unpaired) electrons. The zero-order chi connectivity index (χ0) is 13.4. The van der Waals surface area contributed by atoms with E-state index in [0.29, 0.717) is 6.61 Å². The molecule has 0 saturated carbocycles. The third-order valence-electron chi connectivity index (χ3n) is 1.81. The van der Waals surface area contributed by atoms with Gasteiger partial charge in [-0.3, -0.25) is 5.43 Å². The topological polar surface area (TPSA) is 137 Å². The Morgan fingerprint density at radius 2 is 1.94 bits per heavy atom. The lowest BCUT2D eigenvalue weighted by atomic mass is 10.5. The Labute approximate surface area is 104 Å². The van der Waals surface area contributed by atoms with E-state index in [1.165, 1.54) is 4.90 Å². The van der Waals surface area contributed by atoms with Crippen molar-refractivity contribution < 1.29 is 4.74 Å². The average Bonchev–Trinajstić information content (AvgIpc) is 2.38. The molecule has 9 nitrogen and oxygen atoms in total. The number of hydrogen-bond acceptors (Lipinski definition) is 9. The third-order valence-corrected chi connectivity index (χ3v) is 1.81. The number of ether oxygens (including phenoxy) is 1. The summed E-state index contributed by atoms with van der Waals surface area (Å²) < 4.78 is 5.15. The van der Waals surface area contributed by atoms with Gasteiger partial charge >= 0.3 is 6.01 Å². The van der Waals surface area contributed by atoms with Crippen LogP contribution in [0.5, 0.6) is 6.01 Å². The first-order valence-electron chi connectivity index (χ1n) is 5.09. The predicted octanol–water partition coefficient (Wildman–Crippen LogP) is -0.591. The lowest BCUT2D eigenvalue weighted by molar-refractivity contribution is 0.312. The number of nitrogen functional groups attached to an aromatic ring is 1. The fraction of sp³-hybridized carbons (Fsp3) is 0.444. The van der Waals surface area contributed by atoms with Crippen molar-refractivity contribution in [1.29, 1.82) is 10.5 Å². The van der Waals surface area contributed by atoms with Crippen LogP contribution >= 0.6 is 0 Å². The summed E-state index contributed by atoms with van der Waals surface area (Å²) in [6.45, 7) is 2.12. The van der Waals surface area contributed by atoms with Gasteiger partial charge in [0.1, 0.15) is 13.1 Å². The molecule has 0 aliphatic heterocycles. The van der Waals surface area contributed by atoms with Crippen molar-refractivity contribution in [3.05, 3.63) is 0 Å². The number of rotatable bonds is 6. The monoisotopic (exact) mass is 248 g/mol. The summed E-state index contributed by atoms with van der Waals surface area (Å²) in [5.74, 6) is 5.48. The van der Waals surface area contributed by atoms with Crippen LogP contribution < -0.4 is 20.9 Å². The van der Waals surface area contributed by atoms with Gasteiger partial charge in [-0.15, -0.1) is 0 Å². The molecule has 0 spiro atoms. The Morgan fingerprint density at radius 1 is 1.28 bits per heavy atom. The summed E-state index contributed by atoms with van der Waals surface area (Å²) in [6, 6.07) is 3.92. The molecule has 0 aliphatic rings. The van der Waals surface area contributed by atoms with Gasteiger partial charge in [0.05, 0.1) is 18.7 Å². The summed E-state index contributed by atoms with van der Waals surface area (Å²) in [5, 5.41) is 17.4. The van der Waals surface area contributed by atoms with Crippen molar-refractivity contribution in [2.24, 2.45) is 5.84 Å². The van der Waals surface area contributed by atoms with E-state index in [1.807, 2.05) is 12.1 Å². The molecule has 0 saturated heterocycles. The maximum absolute atomic E-state index is 8.68. The highest BCUT2D eigenvalue weighted by atomic mass is 16.5. The lowest BCUT2D eigenvalue weighted by Crippen LogP contribution is -2.27. The van der Waals surface area contributed by atoms with Crippen molar-refractivity contribution in [2.45, 2.75) is 6.92 Å². The highest BCUT2D eigenvalue weighted by Crippen LogP contribution is 2.14. The molecule has 9 heteroatoms. The molecule has 1 aromatic rings. The van der Waals surface area contributed by atoms with E-state index < -0.39 is 0 Å². The highest BCUT2D eigenvalue weighted by Gasteiger charge is 2.13. The second kappa shape index (κ2) is 6.83. The minimum absolute atomic E-state index is 0.0207. The molecule has 94 valence electrons. The van der Waals surface area contributed by atoms with Crippen molar-refractivity contribution in [3.8, 4) is 18.1 Å². The summed E-state index contributed by atoms with van der Waals surface area (Å²) in [6.07, 6.45) is 0. The normalized spacial score (nSPS) is 9.11. The number of aromatic nitrogens is 3. The summed E-state index contributed by atoms with van der Waals surface area (Å²) in [4.78, 5) is 13.2. The smallest absolute Gasteiger partial charge is 0.323 e. The molecule has 0 aliphatic carbocycles. The number of nitrogens with two attached hydrogens (primary N) is 1. The van der Waals surface area contributed by atoms with Crippen LogP contribution in [0, 0.1) is 22.7 Å². The van der Waals surface area contributed by atoms with Gasteiger partial charge in [-0.2, -0.15) is 25.5 Å². The van der Waals surface area contributed by atoms with E-state index in [9.17, 15) is 0 Å². The zero-order valence-corrected chi connectivity index (χ0v) is 9.79. The maximum atomic E-state index is 8.68. The molecule has 3 N–H and O–H groups in total. The number of hydrogen-bond donors (Lipinski definition) is 2. The van der Waals surface area contributed by atoms with Crippen LogP contribution in [0.1, 0.15) is 6.92 Å². The summed E-state index contributed by atoms with van der Waals surface area (Å²) in [5.41, 5.74) is 2.27. The van der Waals surface area contributed by atoms with E-state index >= 15 is 0 Å². The number of hydrazine groups is 1. The lowest BCUT2D eigenvalue weighted by Gasteiger charge is -2.16. The Morgan fingerprint density at radius 3 is 2.44 bits per heavy atom. The molecule has 0 amide bonds. The SMILES string of the molecule is CCOc1nc(NN)nc(N(CC#N)CC#N)n1. The minimum Gasteiger partial charge on any atom is -0.464 e. The van der Waals surface area contributed by atoms with Gasteiger partial charge in [0.15, 0.2) is 0 Å². The summed E-state index contributed by atoms with van der Waals surface area (Å²) >= 11 is 0. The van der Waals surface area contributed by atoms with Gasteiger partial charge in [-0.05, 0) is 6.92 Å². The molecule has 1 aromatic heterocycles. The molecule has 0 fully saturated rings. The molecular formula is C9H12N8O. The van der Waals surface area contributed by atoms with Crippen LogP contribution in [0.15, 0.2) is 0 Å². The van der Waals surface area contributed by atoms with Crippen molar-refractivity contribution in [1.82, 2.24) is 15.0 Å². The average molecular weight is 248 g/mol. The van der Waals surface area contributed by atoms with Gasteiger partial charge in [-0.1, -0.05) is 0 Å². The molecule has 0 atom stereocenters. The van der Waals surface area contributed by atoms with Gasteiger partial charge in [0, 0.05) is 0 Å². The fourth-order valence-electron chi connectivity index (χ4n) is 1.11. The Bertz CT molecular complexity index is 460. The number of nitriles is 2. The largest absolute Gasteiger partial charge is 0.464 e. The first kappa shape index (κ1) is 13.4. The van der Waals surface area contributed by atoms with E-state index in [0.717, 1.165) is 0 Å². The van der Waals surface area contributed by atoms with Crippen molar-refractivity contribution in [2.75, 3.05) is 30.0 Å². The second-order valence-electron chi connectivity index (χ2n) is 2.99. The number of nitrogens with one attached hydrogen (secondary N) is 1. The third kappa shape index (κ3) is 3.43. The molecule has 0 bridgehead atoms. The first-order valence-corrected chi connectivity index (χ1v) is 5.09. The Hall–Kier alpha value is -2.65. The van der Waals surface area contributed by atoms with Crippen LogP contribution in [0.4, 0.5) is 11.9 Å². The highest BCUT2D eigenvalue weighted by molar-refractivity contribution is 5.39. The van der Waals surface area contributed by atoms with Crippen molar-refractivity contribution >= 4 is 11.9 Å². The van der Waals surface area contributed by atoms with Crippen molar-refractivity contribution in [3.63, 3.8) is 0 Å². The summed E-state index contributed by atoms with van der Waals surface area (Å²) in [7, 11) is 0. The van der Waals surface area contributed by atoms with Gasteiger partial charge in [-0.25, -0.2) is 5.84 Å².